The number of nitrogens with zero attached hydrogens (tertiary/aromatic N) is 7. The van der Waals surface area contributed by atoms with Gasteiger partial charge in [-0.1, -0.05) is 63.5 Å². The standard InChI is InChI=1S/C22H23N5O4.C13H11N3O4.C9H12N2O.C6H12O3S.C5H10O.C4H4N2O.CH3ClO2S/c28-18-9-8-17(20(29)25-18)27-21(30)15-6-3-7-16(19(15)22(27)31)23-10-13-11-24-26(12-13)14-4-1-2-5-14;14-7-3-1-2-6-10(7)13(20)16(12(6)19)8-4-5-9(17)15-11(8)18;12-7-8-5-10-11(6-8)9-3-1-2-4-9;1-10(7,8)9-6-4-2-3-5-6;6-5-3-1-2-4-5;7-3-4-1-5-6-2-4;1-5(2,3)4/h3,6-7,11-12,14,17,23H,1-2,4-5,8-10H2,(H,25,28,29);1-3,8H,4-5,14H2,(H,15,17,18);5-7,9H,1-4H2;6H,2-5H2,1H3;5-6H,1-4H2;1-3H,(H,5,6);1H3. The van der Waals surface area contributed by atoms with Crippen molar-refractivity contribution in [3.8, 4) is 0 Å². The number of fused-ring (bicyclic) bond motifs is 2. The smallest absolute Gasteiger partial charge is 0.264 e. The van der Waals surface area contributed by atoms with Crippen LogP contribution in [0.5, 0.6) is 0 Å². The zero-order valence-electron chi connectivity index (χ0n) is 50.4. The number of anilines is 2. The Morgan fingerprint density at radius 2 is 1.10 bits per heavy atom. The van der Waals surface area contributed by atoms with E-state index in [2.05, 4.69) is 47.0 Å². The highest BCUT2D eigenvalue weighted by Crippen LogP contribution is 2.35. The Labute approximate surface area is 530 Å². The summed E-state index contributed by atoms with van der Waals surface area (Å²) < 4.78 is 48.6. The second kappa shape index (κ2) is 32.6. The highest BCUT2D eigenvalue weighted by molar-refractivity contribution is 8.13. The number of halogens is 1. The zero-order chi connectivity index (χ0) is 66.0. The van der Waals surface area contributed by atoms with Gasteiger partial charge in [-0.3, -0.25) is 87.0 Å². The summed E-state index contributed by atoms with van der Waals surface area (Å²) in [4.78, 5) is 119. The number of hydrogen-bond acceptors (Lipinski definition) is 21. The predicted molar refractivity (Wildman–Crippen MR) is 330 cm³/mol. The summed E-state index contributed by atoms with van der Waals surface area (Å²) in [6, 6.07) is 8.71. The summed E-state index contributed by atoms with van der Waals surface area (Å²) in [6.45, 7) is 0.461. The van der Waals surface area contributed by atoms with Crippen LogP contribution in [0.15, 0.2) is 73.6 Å². The molecule has 5 aromatic rings. The fraction of sp³-hybridized carbons (Fsp3) is 0.483. The molecule has 0 bridgehead atoms. The van der Waals surface area contributed by atoms with Crippen LogP contribution < -0.4 is 21.7 Å². The number of imide groups is 4. The van der Waals surface area contributed by atoms with Crippen LogP contribution >= 0.6 is 10.7 Å². The highest BCUT2D eigenvalue weighted by Gasteiger charge is 2.47. The number of aromatic nitrogens is 6. The molecule has 4 saturated carbocycles. The van der Waals surface area contributed by atoms with Gasteiger partial charge in [0, 0.05) is 65.6 Å². The number of hydrogen-bond donors (Lipinski definition) is 6. The molecule has 0 spiro atoms. The largest absolute Gasteiger partial charge is 0.398 e. The molecule has 2 saturated heterocycles. The van der Waals surface area contributed by atoms with E-state index < -0.39 is 78.5 Å². The molecule has 4 aliphatic heterocycles. The molecule has 0 radical (unpaired) electrons. The van der Waals surface area contributed by atoms with Crippen molar-refractivity contribution in [2.75, 3.05) is 23.6 Å². The van der Waals surface area contributed by atoms with E-state index in [0.29, 0.717) is 35.4 Å². The summed E-state index contributed by atoms with van der Waals surface area (Å²) in [7, 11) is -1.90. The van der Waals surface area contributed by atoms with Crippen molar-refractivity contribution in [1.29, 1.82) is 0 Å². The number of aromatic amines is 1. The van der Waals surface area contributed by atoms with Crippen LogP contribution in [0.4, 0.5) is 11.4 Å². The SMILES string of the molecule is CS(=O)(=O)Cl.CS(=O)(=O)OC1CCCC1.Nc1cccc2c1C(=O)N(C1CCC(=O)NC1=O)C2=O.O=C1CCC(N2C(=O)c3cccc(NCc4cnn(C5CCCC5)c4)c3C2=O)C(=O)N1.O=Cc1cn[nH]c1.O=Cc1cnn(C2CCCC2)c1.OC1CCCC1. The predicted octanol–water partition coefficient (Wildman–Crippen LogP) is 5.73. The maximum atomic E-state index is 13.1. The van der Waals surface area contributed by atoms with E-state index in [1.54, 1.807) is 30.5 Å². The number of aldehydes is 2. The molecule has 6 fully saturated rings. The monoisotopic (exact) mass is 1320 g/mol. The first kappa shape index (κ1) is 70.1. The van der Waals surface area contributed by atoms with E-state index in [1.165, 1.54) is 75.9 Å². The Hall–Kier alpha value is -8.32. The lowest BCUT2D eigenvalue weighted by Crippen LogP contribution is -2.54. The van der Waals surface area contributed by atoms with Gasteiger partial charge in [-0.2, -0.15) is 23.7 Å². The van der Waals surface area contributed by atoms with Crippen molar-refractivity contribution >= 4 is 101 Å². The van der Waals surface area contributed by atoms with E-state index in [9.17, 15) is 64.8 Å². The summed E-state index contributed by atoms with van der Waals surface area (Å²) in [6.07, 6.45) is 32.7. The molecular formula is C60H75ClN12O16S2. The van der Waals surface area contributed by atoms with E-state index in [4.69, 9.17) is 15.0 Å². The summed E-state index contributed by atoms with van der Waals surface area (Å²) in [5.41, 5.74) is 9.57. The highest BCUT2D eigenvalue weighted by atomic mass is 35.7. The maximum Gasteiger partial charge on any atom is 0.264 e. The molecule has 2 atom stereocenters. The minimum absolute atomic E-state index is 0.0324. The minimum Gasteiger partial charge on any atom is -0.398 e. The Morgan fingerprint density at radius 3 is 1.54 bits per heavy atom. The summed E-state index contributed by atoms with van der Waals surface area (Å²) >= 11 is 0. The molecular weight excluding hydrogens is 1240 g/mol. The van der Waals surface area contributed by atoms with Crippen LogP contribution in [-0.4, -0.2) is 158 Å². The van der Waals surface area contributed by atoms with E-state index in [0.717, 1.165) is 91.8 Å². The first-order valence-corrected chi connectivity index (χ1v) is 34.5. The third kappa shape index (κ3) is 20.1. The number of aliphatic hydroxyl groups is 1. The molecule has 3 aromatic heterocycles. The molecule has 28 nitrogen and oxygen atoms in total. The number of H-pyrrole nitrogens is 1. The number of aliphatic hydroxyl groups excluding tert-OH is 1. The molecule has 7 heterocycles. The van der Waals surface area contributed by atoms with E-state index in [1.807, 2.05) is 28.0 Å². The molecule has 91 heavy (non-hydrogen) atoms. The van der Waals surface area contributed by atoms with Crippen LogP contribution in [0.25, 0.3) is 0 Å². The van der Waals surface area contributed by atoms with Gasteiger partial charge in [-0.15, -0.1) is 0 Å². The van der Waals surface area contributed by atoms with E-state index in [-0.39, 0.29) is 65.8 Å². The van der Waals surface area contributed by atoms with Crippen molar-refractivity contribution in [2.45, 2.75) is 171 Å². The van der Waals surface area contributed by atoms with Crippen molar-refractivity contribution in [3.05, 3.63) is 113 Å². The maximum absolute atomic E-state index is 13.1. The van der Waals surface area contributed by atoms with Crippen molar-refractivity contribution < 1.29 is 74.1 Å². The number of piperidine rings is 2. The van der Waals surface area contributed by atoms with Crippen LogP contribution in [0.2, 0.25) is 0 Å². The summed E-state index contributed by atoms with van der Waals surface area (Å²) in [5, 5.41) is 31.0. The Bertz CT molecular complexity index is 3660. The molecule has 4 aliphatic carbocycles. The topological polar surface area (TPSA) is 401 Å². The first-order chi connectivity index (χ1) is 43.3. The van der Waals surface area contributed by atoms with Gasteiger partial charge in [0.05, 0.1) is 88.8 Å². The second-order valence-electron chi connectivity index (χ2n) is 22.8. The third-order valence-corrected chi connectivity index (χ3v) is 16.5. The number of carbonyl (C=O) groups is 10. The lowest BCUT2D eigenvalue weighted by atomic mass is 10.0. The van der Waals surface area contributed by atoms with Gasteiger partial charge < -0.3 is 16.2 Å². The van der Waals surface area contributed by atoms with Gasteiger partial charge in [-0.05, 0) is 88.5 Å². The lowest BCUT2D eigenvalue weighted by molar-refractivity contribution is -0.137. The van der Waals surface area contributed by atoms with Crippen LogP contribution in [-0.2, 0) is 49.1 Å². The Kier molecular flexibility index (Phi) is 25.1. The van der Waals surface area contributed by atoms with Crippen LogP contribution in [0.3, 0.4) is 0 Å². The zero-order valence-corrected chi connectivity index (χ0v) is 52.8. The molecule has 2 unspecified atom stereocenters. The van der Waals surface area contributed by atoms with Gasteiger partial charge in [0.15, 0.2) is 12.6 Å². The normalized spacial score (nSPS) is 20.0. The summed E-state index contributed by atoms with van der Waals surface area (Å²) in [5.74, 6) is -4.19. The number of carbonyl (C=O) groups excluding carboxylic acids is 10. The number of benzene rings is 2. The molecule has 31 heteroatoms. The van der Waals surface area contributed by atoms with Gasteiger partial charge >= 0.3 is 0 Å². The third-order valence-electron chi connectivity index (χ3n) is 15.9. The Balaban J connectivity index is 0.000000168. The van der Waals surface area contributed by atoms with Gasteiger partial charge in [0.2, 0.25) is 32.7 Å². The van der Waals surface area contributed by atoms with Crippen molar-refractivity contribution in [2.24, 2.45) is 0 Å². The Morgan fingerprint density at radius 1 is 0.626 bits per heavy atom. The number of nitrogens with one attached hydrogen (secondary N) is 4. The van der Waals surface area contributed by atoms with Crippen LogP contribution in [0, 0.1) is 0 Å². The van der Waals surface area contributed by atoms with Crippen molar-refractivity contribution in [3.63, 3.8) is 0 Å². The number of amides is 8. The van der Waals surface area contributed by atoms with Crippen molar-refractivity contribution in [1.82, 2.24) is 50.2 Å². The number of nitrogen functional groups attached to an aromatic ring is 1. The van der Waals surface area contributed by atoms with Gasteiger partial charge in [0.25, 0.3) is 33.7 Å². The second-order valence-corrected chi connectivity index (χ2v) is 27.4. The lowest BCUT2D eigenvalue weighted by Gasteiger charge is -2.27. The average Bonchev–Trinajstić information content (AvgIpc) is 1.62. The minimum atomic E-state index is -3.21. The van der Waals surface area contributed by atoms with E-state index >= 15 is 0 Å². The number of nitrogens with two attached hydrogens (primary N) is 1. The molecule has 8 aliphatic rings. The fourth-order valence-electron chi connectivity index (χ4n) is 11.5. The molecule has 490 valence electrons. The average molecular weight is 1320 g/mol. The van der Waals surface area contributed by atoms with Gasteiger partial charge in [-0.25, -0.2) is 8.42 Å². The van der Waals surface area contributed by atoms with Crippen LogP contribution in [0.1, 0.15) is 208 Å². The molecule has 13 rings (SSSR count). The fourth-order valence-corrected chi connectivity index (χ4v) is 12.2. The molecule has 2 aromatic carbocycles. The molecule has 7 N–H and O–H groups in total. The quantitative estimate of drug-likeness (QED) is 0.0302. The number of rotatable bonds is 11. The van der Waals surface area contributed by atoms with Gasteiger partial charge in [0.1, 0.15) is 12.1 Å². The molecule has 8 amide bonds. The first-order valence-electron chi connectivity index (χ1n) is 29.9.